The Labute approximate surface area is 134 Å². The number of nitrogens with zero attached hydrogens (tertiary/aromatic N) is 1. The molecule has 1 N–H and O–H groups in total. The lowest BCUT2D eigenvalue weighted by atomic mass is 10.1. The zero-order chi connectivity index (χ0) is 17.1. The summed E-state index contributed by atoms with van der Waals surface area (Å²) < 4.78 is 5.29. The molecule has 0 spiro atoms. The highest BCUT2D eigenvalue weighted by Crippen LogP contribution is 2.25. The molecular formula is C18H28N2O2. The summed E-state index contributed by atoms with van der Waals surface area (Å²) in [6.45, 7) is 11.1. The summed E-state index contributed by atoms with van der Waals surface area (Å²) in [5.74, 6) is 2.60. The molecule has 1 aromatic heterocycles. The molecule has 0 aromatic carbocycles. The van der Waals surface area contributed by atoms with E-state index in [1.165, 1.54) is 12.5 Å². The molecule has 122 valence electrons. The minimum absolute atomic E-state index is 0.287. The summed E-state index contributed by atoms with van der Waals surface area (Å²) in [7, 11) is 2.10. The number of ether oxygens (including phenoxy) is 1. The second-order valence-corrected chi connectivity index (χ2v) is 5.00. The van der Waals surface area contributed by atoms with E-state index in [2.05, 4.69) is 36.2 Å². The van der Waals surface area contributed by atoms with E-state index >= 15 is 0 Å². The fraction of sp³-hybridized carbons (Fsp3) is 0.500. The number of carbonyl (C=O) groups excluding carboxylic acids is 1. The molecule has 0 bridgehead atoms. The highest BCUT2D eigenvalue weighted by atomic mass is 16.5. The van der Waals surface area contributed by atoms with E-state index in [1.54, 1.807) is 6.92 Å². The van der Waals surface area contributed by atoms with E-state index in [0.29, 0.717) is 5.76 Å². The largest absolute Gasteiger partial charge is 0.426 e. The van der Waals surface area contributed by atoms with Crippen molar-refractivity contribution in [1.82, 2.24) is 9.88 Å². The van der Waals surface area contributed by atoms with Crippen molar-refractivity contribution in [2.75, 3.05) is 20.1 Å². The molecule has 0 amide bonds. The van der Waals surface area contributed by atoms with Crippen molar-refractivity contribution in [3.63, 3.8) is 0 Å². The van der Waals surface area contributed by atoms with Crippen molar-refractivity contribution >= 4 is 11.7 Å². The van der Waals surface area contributed by atoms with Crippen LogP contribution in [0.4, 0.5) is 0 Å². The Balaban J connectivity index is 0.00000135. The van der Waals surface area contributed by atoms with Gasteiger partial charge in [0, 0.05) is 30.9 Å². The molecule has 0 aliphatic rings. The van der Waals surface area contributed by atoms with Gasteiger partial charge >= 0.3 is 5.97 Å². The molecule has 1 rings (SSSR count). The zero-order valence-electron chi connectivity index (χ0n) is 14.6. The van der Waals surface area contributed by atoms with Gasteiger partial charge in [0.25, 0.3) is 0 Å². The Morgan fingerprint density at radius 1 is 1.55 bits per heavy atom. The van der Waals surface area contributed by atoms with Gasteiger partial charge in [0.05, 0.1) is 0 Å². The molecule has 0 aliphatic carbocycles. The summed E-state index contributed by atoms with van der Waals surface area (Å²) >= 11 is 0. The second kappa shape index (κ2) is 10.7. The van der Waals surface area contributed by atoms with E-state index in [-0.39, 0.29) is 5.97 Å². The molecular weight excluding hydrogens is 276 g/mol. The van der Waals surface area contributed by atoms with Gasteiger partial charge in [-0.05, 0) is 52.4 Å². The van der Waals surface area contributed by atoms with Gasteiger partial charge in [-0.1, -0.05) is 6.92 Å². The van der Waals surface area contributed by atoms with Crippen molar-refractivity contribution in [2.45, 2.75) is 41.0 Å². The van der Waals surface area contributed by atoms with Gasteiger partial charge in [-0.2, -0.15) is 0 Å². The SMILES string of the molecule is C#CC.C/C=C(/OC(C)=O)c1c(CCN(C)CC)c[nH]c1C. The number of aromatic nitrogens is 1. The number of rotatable bonds is 6. The molecule has 4 nitrogen and oxygen atoms in total. The Morgan fingerprint density at radius 3 is 2.59 bits per heavy atom. The van der Waals surface area contributed by atoms with E-state index in [9.17, 15) is 4.79 Å². The normalized spacial score (nSPS) is 10.7. The molecule has 1 aromatic rings. The van der Waals surface area contributed by atoms with Gasteiger partial charge in [0.1, 0.15) is 5.76 Å². The fourth-order valence-electron chi connectivity index (χ4n) is 2.00. The lowest BCUT2D eigenvalue weighted by Crippen LogP contribution is -2.20. The molecule has 22 heavy (non-hydrogen) atoms. The quantitative estimate of drug-likeness (QED) is 0.498. The van der Waals surface area contributed by atoms with Crippen LogP contribution >= 0.6 is 0 Å². The van der Waals surface area contributed by atoms with Crippen molar-refractivity contribution in [2.24, 2.45) is 0 Å². The Kier molecular flexibility index (Phi) is 9.73. The number of esters is 1. The number of H-pyrrole nitrogens is 1. The number of hydrogen-bond acceptors (Lipinski definition) is 3. The lowest BCUT2D eigenvalue weighted by molar-refractivity contribution is -0.134. The van der Waals surface area contributed by atoms with Crippen LogP contribution in [0.3, 0.4) is 0 Å². The highest BCUT2D eigenvalue weighted by molar-refractivity contribution is 5.77. The van der Waals surface area contributed by atoms with Crippen LogP contribution in [0.5, 0.6) is 0 Å². The first-order valence-corrected chi connectivity index (χ1v) is 7.48. The predicted molar refractivity (Wildman–Crippen MR) is 92.3 cm³/mol. The number of carbonyl (C=O) groups is 1. The van der Waals surface area contributed by atoms with Gasteiger partial charge in [0.2, 0.25) is 0 Å². The Bertz CT molecular complexity index is 536. The molecule has 0 saturated carbocycles. The fourth-order valence-corrected chi connectivity index (χ4v) is 2.00. The topological polar surface area (TPSA) is 45.3 Å². The summed E-state index contributed by atoms with van der Waals surface area (Å²) in [4.78, 5) is 16.6. The van der Waals surface area contributed by atoms with E-state index in [4.69, 9.17) is 4.74 Å². The first kappa shape index (κ1) is 20.0. The maximum atomic E-state index is 11.2. The molecule has 0 unspecified atom stereocenters. The first-order valence-electron chi connectivity index (χ1n) is 7.48. The minimum atomic E-state index is -0.287. The molecule has 4 heteroatoms. The van der Waals surface area contributed by atoms with Crippen molar-refractivity contribution < 1.29 is 9.53 Å². The summed E-state index contributed by atoms with van der Waals surface area (Å²) in [6, 6.07) is 0. The van der Waals surface area contributed by atoms with E-state index in [1.807, 2.05) is 26.1 Å². The third kappa shape index (κ3) is 6.64. The van der Waals surface area contributed by atoms with Gasteiger partial charge in [-0.25, -0.2) is 0 Å². The van der Waals surface area contributed by atoms with Crippen LogP contribution in [0.15, 0.2) is 12.3 Å². The molecule has 0 fully saturated rings. The Morgan fingerprint density at radius 2 is 2.14 bits per heavy atom. The first-order chi connectivity index (χ1) is 10.4. The van der Waals surface area contributed by atoms with Crippen molar-refractivity contribution in [1.29, 1.82) is 0 Å². The summed E-state index contributed by atoms with van der Waals surface area (Å²) in [5, 5.41) is 0. The minimum Gasteiger partial charge on any atom is -0.426 e. The smallest absolute Gasteiger partial charge is 0.308 e. The monoisotopic (exact) mass is 304 g/mol. The van der Waals surface area contributed by atoms with Crippen LogP contribution in [0.1, 0.15) is 44.5 Å². The van der Waals surface area contributed by atoms with Crippen LogP contribution in [0.25, 0.3) is 5.76 Å². The Hall–Kier alpha value is -1.99. The third-order valence-electron chi connectivity index (χ3n) is 3.22. The summed E-state index contributed by atoms with van der Waals surface area (Å²) in [6.07, 6.45) is 9.37. The number of terminal acetylenes is 1. The molecule has 1 heterocycles. The van der Waals surface area contributed by atoms with Gasteiger partial charge in [-0.3, -0.25) is 4.79 Å². The molecule has 0 aliphatic heterocycles. The van der Waals surface area contributed by atoms with E-state index < -0.39 is 0 Å². The van der Waals surface area contributed by atoms with E-state index in [0.717, 1.165) is 30.8 Å². The van der Waals surface area contributed by atoms with Crippen LogP contribution < -0.4 is 0 Å². The van der Waals surface area contributed by atoms with Crippen LogP contribution in [-0.4, -0.2) is 36.0 Å². The maximum absolute atomic E-state index is 11.2. The van der Waals surface area contributed by atoms with Crippen molar-refractivity contribution in [3.8, 4) is 12.3 Å². The van der Waals surface area contributed by atoms with Gasteiger partial charge < -0.3 is 14.6 Å². The number of likely N-dealkylation sites (N-methyl/N-ethyl adjacent to an activating group) is 1. The highest BCUT2D eigenvalue weighted by Gasteiger charge is 2.15. The standard InChI is InChI=1S/C15H24N2O2.C3H4/c1-6-14(19-12(4)18)15-11(3)16-10-13(15)8-9-17(5)7-2;1-3-2/h6,10,16H,7-9H2,1-5H3;1H,2H3/b14-6+;. The van der Waals surface area contributed by atoms with Crippen LogP contribution in [0.2, 0.25) is 0 Å². The lowest BCUT2D eigenvalue weighted by Gasteiger charge is -2.14. The molecule has 0 saturated heterocycles. The number of nitrogens with one attached hydrogen (secondary N) is 1. The average Bonchev–Trinajstić information content (AvgIpc) is 2.83. The molecule has 0 atom stereocenters. The summed E-state index contributed by atoms with van der Waals surface area (Å²) in [5.41, 5.74) is 3.23. The average molecular weight is 304 g/mol. The van der Waals surface area contributed by atoms with Crippen LogP contribution in [-0.2, 0) is 16.0 Å². The van der Waals surface area contributed by atoms with Crippen LogP contribution in [0, 0.1) is 19.3 Å². The third-order valence-corrected chi connectivity index (χ3v) is 3.22. The predicted octanol–water partition coefficient (Wildman–Crippen LogP) is 3.38. The zero-order valence-corrected chi connectivity index (χ0v) is 14.6. The number of aromatic amines is 1. The number of aryl methyl sites for hydroxylation is 1. The second-order valence-electron chi connectivity index (χ2n) is 5.00. The number of hydrogen-bond donors (Lipinski definition) is 1. The molecule has 0 radical (unpaired) electrons. The van der Waals surface area contributed by atoms with Crippen molar-refractivity contribution in [3.05, 3.63) is 29.1 Å². The number of allylic oxidation sites excluding steroid dienone is 1. The maximum Gasteiger partial charge on any atom is 0.308 e. The van der Waals surface area contributed by atoms with Gasteiger partial charge in [-0.15, -0.1) is 12.3 Å². The van der Waals surface area contributed by atoms with Gasteiger partial charge in [0.15, 0.2) is 0 Å².